The molecule has 0 saturated heterocycles. The molecule has 0 N–H and O–H groups in total. The quantitative estimate of drug-likeness (QED) is 0.763. The van der Waals surface area contributed by atoms with Gasteiger partial charge in [0, 0.05) is 10.9 Å². The van der Waals surface area contributed by atoms with Crippen LogP contribution < -0.4 is 0 Å². The molecule has 0 aromatic heterocycles. The second-order valence-corrected chi connectivity index (χ2v) is 5.07. The minimum Gasteiger partial charge on any atom is -0.294 e. The zero-order valence-corrected chi connectivity index (χ0v) is 10.2. The summed E-state index contributed by atoms with van der Waals surface area (Å²) in [6.07, 6.45) is 3.26. The summed E-state index contributed by atoms with van der Waals surface area (Å²) >= 11 is 2.98. The molecule has 1 aliphatic rings. The van der Waals surface area contributed by atoms with Gasteiger partial charge in [-0.1, -0.05) is 28.8 Å². The fourth-order valence-corrected chi connectivity index (χ4v) is 2.08. The zero-order valence-electron chi connectivity index (χ0n) is 8.60. The third-order valence-corrected chi connectivity index (χ3v) is 3.22. The molecule has 0 bridgehead atoms. The van der Waals surface area contributed by atoms with Crippen LogP contribution >= 0.6 is 15.9 Å². The minimum absolute atomic E-state index is 0.236. The van der Waals surface area contributed by atoms with E-state index in [-0.39, 0.29) is 6.42 Å². The third kappa shape index (κ3) is 2.67. The summed E-state index contributed by atoms with van der Waals surface area (Å²) in [6.45, 7) is 0. The van der Waals surface area contributed by atoms with E-state index in [1.807, 2.05) is 0 Å². The predicted octanol–water partition coefficient (Wildman–Crippen LogP) is 4.10. The van der Waals surface area contributed by atoms with Crippen molar-refractivity contribution in [1.82, 2.24) is 0 Å². The Kier molecular flexibility index (Phi) is 3.38. The van der Waals surface area contributed by atoms with E-state index in [9.17, 15) is 13.6 Å². The predicted molar refractivity (Wildman–Crippen MR) is 60.3 cm³/mol. The molecule has 16 heavy (non-hydrogen) atoms. The lowest BCUT2D eigenvalue weighted by atomic mass is 10.0. The minimum atomic E-state index is -0.785. The summed E-state index contributed by atoms with van der Waals surface area (Å²) in [6, 6.07) is 2.24. The topological polar surface area (TPSA) is 17.1 Å². The molecule has 0 heterocycles. The number of carbonyl (C=O) groups is 1. The van der Waals surface area contributed by atoms with Crippen LogP contribution in [0.2, 0.25) is 0 Å². The van der Waals surface area contributed by atoms with Crippen molar-refractivity contribution in [3.63, 3.8) is 0 Å². The SMILES string of the molecule is O=C(CCC1CC1)c1c(F)cc(Br)cc1F. The highest BCUT2D eigenvalue weighted by atomic mass is 79.9. The molecule has 2 rings (SSSR count). The molecule has 86 valence electrons. The molecule has 0 atom stereocenters. The second kappa shape index (κ2) is 4.62. The number of Topliss-reactive ketones (excluding diaryl/α,β-unsaturated/α-hetero) is 1. The summed E-state index contributed by atoms with van der Waals surface area (Å²) < 4.78 is 27.1. The van der Waals surface area contributed by atoms with E-state index in [1.54, 1.807) is 0 Å². The van der Waals surface area contributed by atoms with E-state index in [0.29, 0.717) is 10.4 Å². The molecule has 0 spiro atoms. The van der Waals surface area contributed by atoms with Gasteiger partial charge >= 0.3 is 0 Å². The lowest BCUT2D eigenvalue weighted by molar-refractivity contribution is 0.0970. The van der Waals surface area contributed by atoms with Crippen LogP contribution in [0.1, 0.15) is 36.0 Å². The van der Waals surface area contributed by atoms with E-state index >= 15 is 0 Å². The van der Waals surface area contributed by atoms with Crippen LogP contribution in [0.3, 0.4) is 0 Å². The molecule has 1 aromatic rings. The standard InChI is InChI=1S/C12H11BrF2O/c13-8-5-9(14)12(10(15)6-8)11(16)4-3-7-1-2-7/h5-7H,1-4H2. The number of halogens is 3. The lowest BCUT2D eigenvalue weighted by Gasteiger charge is -2.04. The summed E-state index contributed by atoms with van der Waals surface area (Å²) in [5.74, 6) is -1.42. The van der Waals surface area contributed by atoms with Crippen LogP contribution in [0, 0.1) is 17.6 Å². The number of ketones is 1. The Morgan fingerprint density at radius 3 is 2.38 bits per heavy atom. The van der Waals surface area contributed by atoms with Crippen LogP contribution in [-0.4, -0.2) is 5.78 Å². The maximum atomic E-state index is 13.4. The van der Waals surface area contributed by atoms with Crippen LogP contribution in [0.5, 0.6) is 0 Å². The van der Waals surface area contributed by atoms with Gasteiger partial charge < -0.3 is 0 Å². The van der Waals surface area contributed by atoms with Gasteiger partial charge in [-0.3, -0.25) is 4.79 Å². The first-order chi connectivity index (χ1) is 7.58. The summed E-state index contributed by atoms with van der Waals surface area (Å²) in [5, 5.41) is 0. The molecule has 1 nitrogen and oxygen atoms in total. The Morgan fingerprint density at radius 2 is 1.88 bits per heavy atom. The van der Waals surface area contributed by atoms with E-state index in [2.05, 4.69) is 15.9 Å². The maximum absolute atomic E-state index is 13.4. The molecule has 1 saturated carbocycles. The molecule has 1 fully saturated rings. The zero-order chi connectivity index (χ0) is 11.7. The smallest absolute Gasteiger partial charge is 0.168 e. The highest BCUT2D eigenvalue weighted by Crippen LogP contribution is 2.34. The summed E-state index contributed by atoms with van der Waals surface area (Å²) in [5.41, 5.74) is -0.399. The third-order valence-electron chi connectivity index (χ3n) is 2.76. The van der Waals surface area contributed by atoms with Crippen LogP contribution in [0.4, 0.5) is 8.78 Å². The number of hydrogen-bond acceptors (Lipinski definition) is 1. The van der Waals surface area contributed by atoms with Crippen molar-refractivity contribution in [2.45, 2.75) is 25.7 Å². The van der Waals surface area contributed by atoms with Gasteiger partial charge in [0.05, 0.1) is 5.56 Å². The van der Waals surface area contributed by atoms with Crippen molar-refractivity contribution in [3.8, 4) is 0 Å². The molecule has 1 aliphatic carbocycles. The molecule has 0 amide bonds. The largest absolute Gasteiger partial charge is 0.294 e. The van der Waals surface area contributed by atoms with Crippen LogP contribution in [0.25, 0.3) is 0 Å². The van der Waals surface area contributed by atoms with Crippen molar-refractivity contribution in [2.24, 2.45) is 5.92 Å². The second-order valence-electron chi connectivity index (χ2n) is 4.15. The van der Waals surface area contributed by atoms with Crippen molar-refractivity contribution >= 4 is 21.7 Å². The van der Waals surface area contributed by atoms with Gasteiger partial charge in [0.15, 0.2) is 5.78 Å². The van der Waals surface area contributed by atoms with Gasteiger partial charge in [-0.2, -0.15) is 0 Å². The first-order valence-corrected chi connectivity index (χ1v) is 6.05. The first kappa shape index (κ1) is 11.7. The van der Waals surface area contributed by atoms with Crippen molar-refractivity contribution in [3.05, 3.63) is 33.8 Å². The fourth-order valence-electron chi connectivity index (χ4n) is 1.68. The van der Waals surface area contributed by atoms with Crippen molar-refractivity contribution in [1.29, 1.82) is 0 Å². The Hall–Kier alpha value is -0.770. The molecular weight excluding hydrogens is 278 g/mol. The normalized spacial score (nSPS) is 15.2. The highest BCUT2D eigenvalue weighted by molar-refractivity contribution is 9.10. The molecule has 0 unspecified atom stereocenters. The fraction of sp³-hybridized carbons (Fsp3) is 0.417. The first-order valence-electron chi connectivity index (χ1n) is 5.25. The van der Waals surface area contributed by atoms with Crippen molar-refractivity contribution < 1.29 is 13.6 Å². The van der Waals surface area contributed by atoms with Gasteiger partial charge in [0.2, 0.25) is 0 Å². The van der Waals surface area contributed by atoms with E-state index in [4.69, 9.17) is 0 Å². The van der Waals surface area contributed by atoms with Gasteiger partial charge in [-0.25, -0.2) is 8.78 Å². The summed E-state index contributed by atoms with van der Waals surface area (Å²) in [7, 11) is 0. The van der Waals surface area contributed by atoms with E-state index < -0.39 is 23.0 Å². The van der Waals surface area contributed by atoms with E-state index in [1.165, 1.54) is 0 Å². The van der Waals surface area contributed by atoms with Gasteiger partial charge in [0.1, 0.15) is 11.6 Å². The monoisotopic (exact) mass is 288 g/mol. The number of benzene rings is 1. The number of rotatable bonds is 4. The highest BCUT2D eigenvalue weighted by Gasteiger charge is 2.24. The Bertz CT molecular complexity index is 404. The summed E-state index contributed by atoms with van der Waals surface area (Å²) in [4.78, 5) is 11.6. The molecule has 0 radical (unpaired) electrons. The van der Waals surface area contributed by atoms with E-state index in [0.717, 1.165) is 31.4 Å². The Labute approximate surface area is 101 Å². The van der Waals surface area contributed by atoms with Gasteiger partial charge in [0.25, 0.3) is 0 Å². The Balaban J connectivity index is 2.14. The maximum Gasteiger partial charge on any atom is 0.168 e. The molecule has 1 aromatic carbocycles. The average Bonchev–Trinajstić information content (AvgIpc) is 2.96. The molecule has 4 heteroatoms. The Morgan fingerprint density at radius 1 is 1.31 bits per heavy atom. The number of carbonyl (C=O) groups excluding carboxylic acids is 1. The van der Waals surface area contributed by atoms with Crippen molar-refractivity contribution in [2.75, 3.05) is 0 Å². The molecular formula is C12H11BrF2O. The van der Waals surface area contributed by atoms with Crippen LogP contribution in [0.15, 0.2) is 16.6 Å². The van der Waals surface area contributed by atoms with Gasteiger partial charge in [-0.15, -0.1) is 0 Å². The average molecular weight is 289 g/mol. The molecule has 0 aliphatic heterocycles. The van der Waals surface area contributed by atoms with Gasteiger partial charge in [-0.05, 0) is 24.5 Å². The number of hydrogen-bond donors (Lipinski definition) is 0. The van der Waals surface area contributed by atoms with Crippen LogP contribution in [-0.2, 0) is 0 Å². The lowest BCUT2D eigenvalue weighted by Crippen LogP contribution is -2.06.